The van der Waals surface area contributed by atoms with E-state index in [2.05, 4.69) is 0 Å². The minimum Gasteiger partial charge on any atom is 0 e. The summed E-state index contributed by atoms with van der Waals surface area (Å²) in [6.07, 6.45) is 0. The summed E-state index contributed by atoms with van der Waals surface area (Å²) in [6.45, 7) is 0. The van der Waals surface area contributed by atoms with E-state index in [-0.39, 0.29) is 151 Å². The molecule has 5 heavy (non-hydrogen) atoms. The van der Waals surface area contributed by atoms with E-state index in [4.69, 9.17) is 0 Å². The van der Waals surface area contributed by atoms with Crippen LogP contribution in [0, 0.1) is 0 Å². The van der Waals surface area contributed by atoms with E-state index < -0.39 is 0 Å². The van der Waals surface area contributed by atoms with Gasteiger partial charge in [0.2, 0.25) is 0 Å². The summed E-state index contributed by atoms with van der Waals surface area (Å²) in [5, 5.41) is 0. The third-order valence-corrected chi connectivity index (χ3v) is 0. The summed E-state index contributed by atoms with van der Waals surface area (Å²) in [7, 11) is 0. The molecule has 0 saturated heterocycles. The maximum Gasteiger partial charge on any atom is 0 e. The summed E-state index contributed by atoms with van der Waals surface area (Å²) < 4.78 is 0. The van der Waals surface area contributed by atoms with Crippen LogP contribution in [0.15, 0.2) is 0 Å². The molecule has 0 spiro atoms. The van der Waals surface area contributed by atoms with E-state index >= 15 is 0 Å². The van der Waals surface area contributed by atoms with E-state index in [1.54, 1.807) is 0 Å². The Morgan fingerprint density at radius 2 is 1.20 bits per heavy atom. The van der Waals surface area contributed by atoms with E-state index in [1.165, 1.54) is 0 Å². The predicted octanol–water partition coefficient (Wildman–Crippen LogP) is -9.57. The predicted molar refractivity (Wildman–Crippen MR) is 11.9 cm³/mol. The third-order valence-electron chi connectivity index (χ3n) is 0. The zero-order chi connectivity index (χ0) is 0. The normalized spacial score (nSPS) is 0. The Hall–Kier alpha value is 4.79. The van der Waals surface area contributed by atoms with E-state index in [0.717, 1.165) is 0 Å². The van der Waals surface area contributed by atoms with Gasteiger partial charge in [0.25, 0.3) is 0 Å². The molecule has 0 saturated carbocycles. The van der Waals surface area contributed by atoms with Crippen molar-refractivity contribution < 1.29 is 126 Å². The number of rotatable bonds is 0. The van der Waals surface area contributed by atoms with Crippen LogP contribution in [0.2, 0.25) is 0 Å². The molecule has 0 rings (SSSR count). The van der Waals surface area contributed by atoms with Crippen LogP contribution in [0.4, 0.5) is 0 Å². The number of hydrogen-bond donors (Lipinski definition) is 0. The maximum atomic E-state index is 0. The fourth-order valence-electron chi connectivity index (χ4n) is 0. The molecule has 0 heterocycles. The molecule has 0 unspecified atom stereocenters. The molecule has 0 N–H and O–H groups in total. The van der Waals surface area contributed by atoms with E-state index in [9.17, 15) is 0 Å². The smallest absolute Gasteiger partial charge is 0 e. The third kappa shape index (κ3) is 17.7. The molecule has 0 nitrogen and oxygen atoms in total. The van der Waals surface area contributed by atoms with Gasteiger partial charge in [-0.1, -0.05) is 0 Å². The van der Waals surface area contributed by atoms with Crippen LogP contribution in [0.5, 0.6) is 0 Å². The Morgan fingerprint density at radius 3 is 1.20 bits per heavy atom. The summed E-state index contributed by atoms with van der Waals surface area (Å²) in [6, 6.07) is 0. The van der Waals surface area contributed by atoms with Crippen molar-refractivity contribution >= 4 is 24.4 Å². The van der Waals surface area contributed by atoms with Crippen molar-refractivity contribution in [3.63, 3.8) is 0 Å². The second kappa shape index (κ2) is 23.2. The average molecular weight is 377 g/mol. The first kappa shape index (κ1) is 33.0. The standard InChI is InChI=1S/K.Li.Na.Sb.Ta.5H/q3*+1;;;;;3*-1. The van der Waals surface area contributed by atoms with Gasteiger partial charge in [0.05, 0.1) is 0 Å². The fraction of sp³-hybridized carbons (Fsp3) is 0. The molecule has 0 atom stereocenters. The van der Waals surface area contributed by atoms with Crippen molar-refractivity contribution in [3.05, 3.63) is 0 Å². The Labute approximate surface area is 147 Å². The van der Waals surface area contributed by atoms with Crippen LogP contribution in [0.3, 0.4) is 0 Å². The summed E-state index contributed by atoms with van der Waals surface area (Å²) in [4.78, 5) is 0. The maximum absolute atomic E-state index is 0. The molecular weight excluding hydrogens is 372 g/mol. The molecule has 0 aliphatic heterocycles. The van der Waals surface area contributed by atoms with Crippen molar-refractivity contribution in [1.29, 1.82) is 0 Å². The molecule has 5 heteroatoms. The first-order valence-corrected chi connectivity index (χ1v) is 0. The monoisotopic (exact) mass is 376 g/mol. The van der Waals surface area contributed by atoms with Crippen LogP contribution in [0.25, 0.3) is 0 Å². The van der Waals surface area contributed by atoms with Crippen LogP contribution in [0.1, 0.15) is 4.28 Å². The van der Waals surface area contributed by atoms with Gasteiger partial charge < -0.3 is 4.28 Å². The van der Waals surface area contributed by atoms with E-state index in [1.807, 2.05) is 0 Å². The zero-order valence-corrected chi connectivity index (χ0v) is 15.7. The Bertz CT molecular complexity index is 19.2. The second-order valence-electron chi connectivity index (χ2n) is 0. The van der Waals surface area contributed by atoms with Gasteiger partial charge in [-0.2, -0.15) is 0 Å². The van der Waals surface area contributed by atoms with Crippen molar-refractivity contribution in [2.24, 2.45) is 0 Å². The van der Waals surface area contributed by atoms with Crippen molar-refractivity contribution in [2.75, 3.05) is 0 Å². The topological polar surface area (TPSA) is 0 Å². The molecular formula is H5KLiNaSbTa. The summed E-state index contributed by atoms with van der Waals surface area (Å²) in [5.74, 6) is 0. The van der Waals surface area contributed by atoms with Crippen LogP contribution in [-0.4, -0.2) is 24.4 Å². The minimum atomic E-state index is 0. The molecule has 0 aromatic heterocycles. The molecule has 0 fully saturated rings. The van der Waals surface area contributed by atoms with Gasteiger partial charge in [-0.25, -0.2) is 0 Å². The largest absolute Gasteiger partial charge is 0 e. The van der Waals surface area contributed by atoms with Gasteiger partial charge in [-0.05, 0) is 0 Å². The Kier molecular flexibility index (Phi) is 153. The second-order valence-corrected chi connectivity index (χ2v) is 0. The van der Waals surface area contributed by atoms with Gasteiger partial charge in [0.15, 0.2) is 0 Å². The molecule has 0 aliphatic rings. The molecule has 0 aromatic carbocycles. The van der Waals surface area contributed by atoms with Crippen LogP contribution >= 0.6 is 0 Å². The quantitative estimate of drug-likeness (QED) is 0.368. The van der Waals surface area contributed by atoms with Gasteiger partial charge in [0.1, 0.15) is 0 Å². The molecule has 18 valence electrons. The van der Waals surface area contributed by atoms with Gasteiger partial charge in [-0.3, -0.25) is 0 Å². The van der Waals surface area contributed by atoms with Gasteiger partial charge in [0, 0.05) is 22.4 Å². The molecule has 0 aromatic rings. The summed E-state index contributed by atoms with van der Waals surface area (Å²) >= 11 is 0. The van der Waals surface area contributed by atoms with E-state index in [0.29, 0.717) is 0 Å². The molecule has 0 aliphatic carbocycles. The SMILES string of the molecule is [H-].[H-].[H-].[K+].[Li+].[Na+].[SbH2].[Ta]. The van der Waals surface area contributed by atoms with Crippen LogP contribution in [-0.2, 0) is 22.4 Å². The first-order chi connectivity index (χ1) is 0. The average Bonchev–Trinajstić information content (AvgIpc) is 0. The number of hydrogen-bond acceptors (Lipinski definition) is 0. The fourth-order valence-corrected chi connectivity index (χ4v) is 0. The Morgan fingerprint density at radius 1 is 1.20 bits per heavy atom. The van der Waals surface area contributed by atoms with Gasteiger partial charge in [-0.15, -0.1) is 0 Å². The molecule has 0 bridgehead atoms. The molecule has 2 radical (unpaired) electrons. The van der Waals surface area contributed by atoms with Crippen LogP contribution < -0.4 is 99.8 Å². The van der Waals surface area contributed by atoms with Crippen molar-refractivity contribution in [3.8, 4) is 0 Å². The molecule has 0 amide bonds. The van der Waals surface area contributed by atoms with Crippen molar-refractivity contribution in [1.82, 2.24) is 0 Å². The Balaban J connectivity index is 0. The first-order valence-electron chi connectivity index (χ1n) is 0. The zero-order valence-electron chi connectivity index (χ0n) is 7.02. The summed E-state index contributed by atoms with van der Waals surface area (Å²) in [5.41, 5.74) is 0. The van der Waals surface area contributed by atoms with Crippen molar-refractivity contribution in [2.45, 2.75) is 0 Å². The van der Waals surface area contributed by atoms with Gasteiger partial charge >= 0.3 is 124 Å². The minimum absolute atomic E-state index is 0.